The summed E-state index contributed by atoms with van der Waals surface area (Å²) in [6.45, 7) is 5.02. The molecule has 9 nitrogen and oxygen atoms in total. The van der Waals surface area contributed by atoms with Crippen LogP contribution in [0.3, 0.4) is 0 Å². The number of nitrogens with zero attached hydrogens (tertiary/aromatic N) is 4. The fraction of sp³-hybridized carbons (Fsp3) is 0.360. The number of hydrazine groups is 1. The van der Waals surface area contributed by atoms with Gasteiger partial charge in [0, 0.05) is 52.8 Å². The monoisotopic (exact) mass is 548 g/mol. The highest BCUT2D eigenvalue weighted by molar-refractivity contribution is 7.99. The van der Waals surface area contributed by atoms with E-state index in [9.17, 15) is 23.2 Å². The maximum absolute atomic E-state index is 15.1. The lowest BCUT2D eigenvalue weighted by Crippen LogP contribution is -2.46. The Morgan fingerprint density at radius 1 is 1.08 bits per heavy atom. The molecule has 13 heteroatoms. The minimum Gasteiger partial charge on any atom is -0.323 e. The van der Waals surface area contributed by atoms with Crippen LogP contribution in [0.4, 0.5) is 23.7 Å². The van der Waals surface area contributed by atoms with E-state index in [0.717, 1.165) is 28.5 Å². The predicted molar refractivity (Wildman–Crippen MR) is 139 cm³/mol. The van der Waals surface area contributed by atoms with Crippen molar-refractivity contribution in [3.05, 3.63) is 59.5 Å². The smallest absolute Gasteiger partial charge is 0.323 e. The maximum atomic E-state index is 15.1. The molecule has 0 unspecified atom stereocenters. The fourth-order valence-corrected chi connectivity index (χ4v) is 4.94. The van der Waals surface area contributed by atoms with Gasteiger partial charge < -0.3 is 4.90 Å². The lowest BCUT2D eigenvalue weighted by molar-refractivity contribution is -0.132. The van der Waals surface area contributed by atoms with Crippen LogP contribution in [0.5, 0.6) is 0 Å². The Morgan fingerprint density at radius 3 is 2.47 bits per heavy atom. The van der Waals surface area contributed by atoms with Crippen molar-refractivity contribution < 1.29 is 27.6 Å². The third-order valence-corrected chi connectivity index (χ3v) is 6.98. The molecule has 4 rings (SSSR count). The molecule has 1 aliphatic rings. The second-order valence-electron chi connectivity index (χ2n) is 8.94. The van der Waals surface area contributed by atoms with Gasteiger partial charge in [0.2, 0.25) is 0 Å². The Bertz CT molecular complexity index is 1340. The number of anilines is 1. The lowest BCUT2D eigenvalue weighted by atomic mass is 10.1. The van der Waals surface area contributed by atoms with Crippen LogP contribution in [0.25, 0.3) is 10.9 Å². The molecule has 1 aliphatic heterocycles. The molecule has 0 saturated carbocycles. The Hall–Kier alpha value is -3.74. The molecule has 0 spiro atoms. The van der Waals surface area contributed by atoms with Gasteiger partial charge in [-0.15, -0.1) is 0 Å². The van der Waals surface area contributed by atoms with Crippen LogP contribution in [-0.4, -0.2) is 63.5 Å². The van der Waals surface area contributed by atoms with E-state index in [-0.39, 0.29) is 29.7 Å². The van der Waals surface area contributed by atoms with Gasteiger partial charge in [0.25, 0.3) is 5.91 Å². The predicted octanol–water partition coefficient (Wildman–Crippen LogP) is 3.96. The number of fused-ring (bicyclic) bond motifs is 1. The number of nitrogens with one attached hydrogen (secondary N) is 2. The van der Waals surface area contributed by atoms with Crippen molar-refractivity contribution in [2.24, 2.45) is 0 Å². The molecular formula is C25H27F3N6O3S. The van der Waals surface area contributed by atoms with Crippen molar-refractivity contribution in [3.63, 3.8) is 0 Å². The van der Waals surface area contributed by atoms with Crippen molar-refractivity contribution in [2.45, 2.75) is 32.9 Å². The number of amides is 4. The van der Waals surface area contributed by atoms with E-state index in [1.54, 1.807) is 34.4 Å². The number of rotatable bonds is 6. The summed E-state index contributed by atoms with van der Waals surface area (Å²) in [5.41, 5.74) is 4.75. The van der Waals surface area contributed by atoms with Gasteiger partial charge in [-0.3, -0.25) is 30.0 Å². The number of hydrogen-bond acceptors (Lipinski definition) is 5. The summed E-state index contributed by atoms with van der Waals surface area (Å²) in [6, 6.07) is 8.89. The van der Waals surface area contributed by atoms with Gasteiger partial charge in [-0.05, 0) is 44.2 Å². The van der Waals surface area contributed by atoms with Crippen LogP contribution >= 0.6 is 11.8 Å². The Morgan fingerprint density at radius 2 is 1.82 bits per heavy atom. The molecule has 0 atom stereocenters. The number of aromatic nitrogens is 2. The first-order valence-corrected chi connectivity index (χ1v) is 13.1. The number of benzene rings is 2. The summed E-state index contributed by atoms with van der Waals surface area (Å²) in [4.78, 5) is 40.0. The number of halogens is 3. The quantitative estimate of drug-likeness (QED) is 0.455. The van der Waals surface area contributed by atoms with Crippen molar-refractivity contribution in [3.8, 4) is 0 Å². The first-order valence-electron chi connectivity index (χ1n) is 11.9. The van der Waals surface area contributed by atoms with Crippen LogP contribution in [0, 0.1) is 5.82 Å². The standard InChI is InChI=1S/C25H27F3N6O3S/c1-15(2)34-21-12-19(6-5-17(21)13-29-34)33(25(37)32-7-9-38-10-8-32)14-18-4-3-16(11-20(18)26)23(35)30-31-24(36)22(27)28/h3-6,11-13,15,22H,7-10,14H2,1-2H3,(H,30,35)(H,31,36). The van der Waals surface area contributed by atoms with Crippen molar-refractivity contribution in [1.82, 2.24) is 25.5 Å². The summed E-state index contributed by atoms with van der Waals surface area (Å²) in [7, 11) is 0. The third-order valence-electron chi connectivity index (χ3n) is 6.04. The maximum Gasteiger partial charge on any atom is 0.324 e. The summed E-state index contributed by atoms with van der Waals surface area (Å²) in [6.07, 6.45) is -1.56. The fourth-order valence-electron chi connectivity index (χ4n) is 4.03. The van der Waals surface area contributed by atoms with Gasteiger partial charge in [0.1, 0.15) is 5.82 Å². The van der Waals surface area contributed by atoms with Crippen LogP contribution in [-0.2, 0) is 11.3 Å². The average molecular weight is 549 g/mol. The number of thioether (sulfide) groups is 1. The van der Waals surface area contributed by atoms with E-state index in [4.69, 9.17) is 0 Å². The number of carbonyl (C=O) groups excluding carboxylic acids is 3. The molecule has 2 aromatic carbocycles. The molecule has 0 bridgehead atoms. The van der Waals surface area contributed by atoms with Gasteiger partial charge in [0.05, 0.1) is 18.3 Å². The topological polar surface area (TPSA) is 99.6 Å². The number of alkyl halides is 2. The van der Waals surface area contributed by atoms with Crippen LogP contribution < -0.4 is 15.8 Å². The highest BCUT2D eigenvalue weighted by atomic mass is 32.2. The molecule has 1 aromatic heterocycles. The number of carbonyl (C=O) groups is 3. The van der Waals surface area contributed by atoms with Crippen LogP contribution in [0.1, 0.15) is 35.8 Å². The molecular weight excluding hydrogens is 521 g/mol. The molecule has 4 amide bonds. The Balaban J connectivity index is 1.62. The van der Waals surface area contributed by atoms with E-state index in [2.05, 4.69) is 5.10 Å². The average Bonchev–Trinajstić information content (AvgIpc) is 3.34. The molecule has 0 radical (unpaired) electrons. The second kappa shape index (κ2) is 11.8. The largest absolute Gasteiger partial charge is 0.324 e. The normalized spacial score (nSPS) is 13.7. The molecule has 202 valence electrons. The zero-order valence-electron chi connectivity index (χ0n) is 20.8. The molecule has 2 N–H and O–H groups in total. The van der Waals surface area contributed by atoms with Crippen molar-refractivity contribution in [2.75, 3.05) is 29.5 Å². The first-order chi connectivity index (χ1) is 18.2. The van der Waals surface area contributed by atoms with Gasteiger partial charge in [-0.25, -0.2) is 9.18 Å². The van der Waals surface area contributed by atoms with Gasteiger partial charge in [-0.1, -0.05) is 6.07 Å². The lowest BCUT2D eigenvalue weighted by Gasteiger charge is -2.33. The Kier molecular flexibility index (Phi) is 8.45. The van der Waals surface area contributed by atoms with Crippen LogP contribution in [0.15, 0.2) is 42.6 Å². The summed E-state index contributed by atoms with van der Waals surface area (Å²) in [5.74, 6) is -1.80. The summed E-state index contributed by atoms with van der Waals surface area (Å²) < 4.78 is 41.6. The summed E-state index contributed by atoms with van der Waals surface area (Å²) in [5, 5.41) is 5.33. The highest BCUT2D eigenvalue weighted by Gasteiger charge is 2.26. The van der Waals surface area contributed by atoms with Gasteiger partial charge in [0.15, 0.2) is 0 Å². The minimum atomic E-state index is -3.31. The number of hydrogen-bond donors (Lipinski definition) is 2. The van der Waals surface area contributed by atoms with Crippen molar-refractivity contribution in [1.29, 1.82) is 0 Å². The minimum absolute atomic E-state index is 0.0904. The molecule has 2 heterocycles. The zero-order chi connectivity index (χ0) is 27.4. The van der Waals surface area contributed by atoms with Crippen LogP contribution in [0.2, 0.25) is 0 Å². The molecule has 1 saturated heterocycles. The third kappa shape index (κ3) is 6.04. The summed E-state index contributed by atoms with van der Waals surface area (Å²) >= 11 is 1.76. The Labute approximate surface area is 221 Å². The van der Waals surface area contributed by atoms with Gasteiger partial charge in [-0.2, -0.15) is 25.6 Å². The zero-order valence-corrected chi connectivity index (χ0v) is 21.6. The van der Waals surface area contributed by atoms with Crippen molar-refractivity contribution >= 4 is 46.2 Å². The molecule has 1 fully saturated rings. The SMILES string of the molecule is CC(C)n1ncc2ccc(N(Cc3ccc(C(=O)NNC(=O)C(F)F)cc3F)C(=O)N3CCSCC3)cc21. The van der Waals surface area contributed by atoms with E-state index >= 15 is 4.39 Å². The first kappa shape index (κ1) is 27.3. The molecule has 3 aromatic rings. The number of urea groups is 1. The highest BCUT2D eigenvalue weighted by Crippen LogP contribution is 2.28. The van der Waals surface area contributed by atoms with Gasteiger partial charge >= 0.3 is 18.4 Å². The van der Waals surface area contributed by atoms with E-state index in [1.807, 2.05) is 36.1 Å². The van der Waals surface area contributed by atoms with E-state index < -0.39 is 24.1 Å². The van der Waals surface area contributed by atoms with E-state index in [1.165, 1.54) is 17.0 Å². The molecule has 38 heavy (non-hydrogen) atoms. The second-order valence-corrected chi connectivity index (χ2v) is 10.2. The molecule has 0 aliphatic carbocycles. The van der Waals surface area contributed by atoms with E-state index in [0.29, 0.717) is 18.8 Å².